The number of fused-ring (bicyclic) bond motifs is 1. The van der Waals surface area contributed by atoms with Crippen LogP contribution in [0.5, 0.6) is 0 Å². The van der Waals surface area contributed by atoms with Crippen molar-refractivity contribution in [3.8, 4) is 0 Å². The molecule has 0 spiro atoms. The molecule has 1 saturated carbocycles. The zero-order chi connectivity index (χ0) is 15.5. The molecule has 1 aromatic heterocycles. The number of rotatable bonds is 3. The van der Waals surface area contributed by atoms with Gasteiger partial charge in [-0.1, -0.05) is 18.6 Å². The lowest BCUT2D eigenvalue weighted by molar-refractivity contribution is -0.137. The molecule has 116 valence electrons. The highest BCUT2D eigenvalue weighted by atomic mass is 16.3. The molecule has 2 aromatic rings. The van der Waals surface area contributed by atoms with Gasteiger partial charge in [0.05, 0.1) is 35.6 Å². The van der Waals surface area contributed by atoms with Crippen molar-refractivity contribution in [2.45, 2.75) is 38.3 Å². The Bertz CT molecular complexity index is 674. The van der Waals surface area contributed by atoms with Crippen molar-refractivity contribution in [2.24, 2.45) is 5.92 Å². The molecule has 1 heterocycles. The first kappa shape index (κ1) is 14.9. The van der Waals surface area contributed by atoms with Crippen molar-refractivity contribution in [3.63, 3.8) is 0 Å². The largest absolute Gasteiger partial charge is 0.393 e. The second kappa shape index (κ2) is 6.40. The van der Waals surface area contributed by atoms with Crippen LogP contribution >= 0.6 is 0 Å². The molecular formula is C17H21N3O2. The molecule has 1 N–H and O–H groups in total. The van der Waals surface area contributed by atoms with Crippen LogP contribution in [0.25, 0.3) is 11.0 Å². The zero-order valence-corrected chi connectivity index (χ0v) is 12.8. The molecule has 0 bridgehead atoms. The van der Waals surface area contributed by atoms with Gasteiger partial charge >= 0.3 is 0 Å². The number of benzene rings is 1. The number of amides is 1. The SMILES string of the molecule is CN(Cc1cnc2ccccc2n1)C(=O)[C@H]1CCC[C@H](O)C1. The molecule has 0 aliphatic heterocycles. The van der Waals surface area contributed by atoms with Gasteiger partial charge in [-0.15, -0.1) is 0 Å². The molecule has 5 nitrogen and oxygen atoms in total. The summed E-state index contributed by atoms with van der Waals surface area (Å²) in [5, 5.41) is 9.73. The molecule has 0 radical (unpaired) electrons. The number of para-hydroxylation sites is 2. The monoisotopic (exact) mass is 299 g/mol. The normalized spacial score (nSPS) is 21.7. The fourth-order valence-corrected chi connectivity index (χ4v) is 3.09. The molecule has 5 heteroatoms. The van der Waals surface area contributed by atoms with Gasteiger partial charge < -0.3 is 10.0 Å². The van der Waals surface area contributed by atoms with Crippen LogP contribution in [-0.4, -0.2) is 39.0 Å². The van der Waals surface area contributed by atoms with E-state index in [9.17, 15) is 9.90 Å². The Labute approximate surface area is 130 Å². The summed E-state index contributed by atoms with van der Waals surface area (Å²) in [5.74, 6) is 0.0240. The summed E-state index contributed by atoms with van der Waals surface area (Å²) in [7, 11) is 1.79. The maximum Gasteiger partial charge on any atom is 0.225 e. The highest BCUT2D eigenvalue weighted by Crippen LogP contribution is 2.26. The Hall–Kier alpha value is -2.01. The molecule has 1 aliphatic rings. The van der Waals surface area contributed by atoms with Gasteiger partial charge in [-0.2, -0.15) is 0 Å². The molecule has 0 saturated heterocycles. The predicted molar refractivity (Wildman–Crippen MR) is 84.0 cm³/mol. The summed E-state index contributed by atoms with van der Waals surface area (Å²) < 4.78 is 0. The second-order valence-corrected chi connectivity index (χ2v) is 6.06. The van der Waals surface area contributed by atoms with Crippen LogP contribution in [0.3, 0.4) is 0 Å². The van der Waals surface area contributed by atoms with Crippen molar-refractivity contribution in [1.82, 2.24) is 14.9 Å². The summed E-state index contributed by atoms with van der Waals surface area (Å²) >= 11 is 0. The molecule has 3 rings (SSSR count). The fourth-order valence-electron chi connectivity index (χ4n) is 3.09. The second-order valence-electron chi connectivity index (χ2n) is 6.06. The van der Waals surface area contributed by atoms with Crippen LogP contribution in [0.2, 0.25) is 0 Å². The van der Waals surface area contributed by atoms with E-state index in [0.717, 1.165) is 36.0 Å². The van der Waals surface area contributed by atoms with Crippen molar-refractivity contribution >= 4 is 16.9 Å². The number of aromatic nitrogens is 2. The first-order chi connectivity index (χ1) is 10.6. The summed E-state index contributed by atoms with van der Waals surface area (Å²) in [5.41, 5.74) is 2.48. The van der Waals surface area contributed by atoms with Gasteiger partial charge in [0, 0.05) is 13.0 Å². The van der Waals surface area contributed by atoms with Crippen LogP contribution in [-0.2, 0) is 11.3 Å². The summed E-state index contributed by atoms with van der Waals surface area (Å²) in [6.07, 6.45) is 4.56. The minimum Gasteiger partial charge on any atom is -0.393 e. The number of nitrogens with zero attached hydrogens (tertiary/aromatic N) is 3. The minimum absolute atomic E-state index is 0.0674. The van der Waals surface area contributed by atoms with E-state index < -0.39 is 0 Å². The van der Waals surface area contributed by atoms with Gasteiger partial charge in [0.1, 0.15) is 0 Å². The number of hydrogen-bond donors (Lipinski definition) is 1. The van der Waals surface area contributed by atoms with Crippen molar-refractivity contribution < 1.29 is 9.90 Å². The van der Waals surface area contributed by atoms with E-state index in [-0.39, 0.29) is 17.9 Å². The van der Waals surface area contributed by atoms with Gasteiger partial charge in [-0.3, -0.25) is 9.78 Å². The van der Waals surface area contributed by atoms with Gasteiger partial charge in [0.15, 0.2) is 0 Å². The Kier molecular flexibility index (Phi) is 4.34. The molecule has 0 unspecified atom stereocenters. The van der Waals surface area contributed by atoms with Crippen LogP contribution in [0.15, 0.2) is 30.5 Å². The third-order valence-electron chi connectivity index (χ3n) is 4.27. The molecule has 22 heavy (non-hydrogen) atoms. The minimum atomic E-state index is -0.337. The van der Waals surface area contributed by atoms with E-state index in [1.807, 2.05) is 24.3 Å². The lowest BCUT2D eigenvalue weighted by Gasteiger charge is -2.28. The number of carbonyl (C=O) groups excluding carboxylic acids is 1. The Morgan fingerprint density at radius 1 is 1.32 bits per heavy atom. The van der Waals surface area contributed by atoms with Crippen LogP contribution < -0.4 is 0 Å². The first-order valence-corrected chi connectivity index (χ1v) is 7.77. The smallest absolute Gasteiger partial charge is 0.225 e. The predicted octanol–water partition coefficient (Wildman–Crippen LogP) is 2.14. The molecule has 1 fully saturated rings. The molecule has 1 aromatic carbocycles. The van der Waals surface area contributed by atoms with E-state index in [1.54, 1.807) is 18.1 Å². The lowest BCUT2D eigenvalue weighted by Crippen LogP contribution is -2.36. The third kappa shape index (κ3) is 3.25. The van der Waals surface area contributed by atoms with Crippen LogP contribution in [0.4, 0.5) is 0 Å². The van der Waals surface area contributed by atoms with Gasteiger partial charge in [-0.05, 0) is 31.4 Å². The maximum atomic E-state index is 12.5. The van der Waals surface area contributed by atoms with Gasteiger partial charge in [0.2, 0.25) is 5.91 Å². The number of hydrogen-bond acceptors (Lipinski definition) is 4. The summed E-state index contributed by atoms with van der Waals surface area (Å²) in [6, 6.07) is 7.70. The van der Waals surface area contributed by atoms with Crippen LogP contribution in [0, 0.1) is 5.92 Å². The maximum absolute atomic E-state index is 12.5. The number of aliphatic hydroxyl groups excluding tert-OH is 1. The number of aliphatic hydroxyl groups is 1. The summed E-state index contributed by atoms with van der Waals surface area (Å²) in [4.78, 5) is 23.1. The first-order valence-electron chi connectivity index (χ1n) is 7.77. The van der Waals surface area contributed by atoms with Crippen molar-refractivity contribution in [1.29, 1.82) is 0 Å². The zero-order valence-electron chi connectivity index (χ0n) is 12.8. The summed E-state index contributed by atoms with van der Waals surface area (Å²) in [6.45, 7) is 0.448. The third-order valence-corrected chi connectivity index (χ3v) is 4.27. The number of carbonyl (C=O) groups is 1. The van der Waals surface area contributed by atoms with Crippen molar-refractivity contribution in [2.75, 3.05) is 7.05 Å². The average Bonchev–Trinajstić information content (AvgIpc) is 2.54. The van der Waals surface area contributed by atoms with Gasteiger partial charge in [-0.25, -0.2) is 4.98 Å². The van der Waals surface area contributed by atoms with E-state index in [2.05, 4.69) is 9.97 Å². The topological polar surface area (TPSA) is 66.3 Å². The highest BCUT2D eigenvalue weighted by molar-refractivity contribution is 5.79. The molecule has 1 aliphatic carbocycles. The van der Waals surface area contributed by atoms with E-state index in [0.29, 0.717) is 13.0 Å². The quantitative estimate of drug-likeness (QED) is 0.943. The fraction of sp³-hybridized carbons (Fsp3) is 0.471. The van der Waals surface area contributed by atoms with Gasteiger partial charge in [0.25, 0.3) is 0 Å². The highest BCUT2D eigenvalue weighted by Gasteiger charge is 2.28. The average molecular weight is 299 g/mol. The standard InChI is InChI=1S/C17H21N3O2/c1-20(17(22)12-5-4-6-14(21)9-12)11-13-10-18-15-7-2-3-8-16(15)19-13/h2-3,7-8,10,12,14,21H,4-6,9,11H2,1H3/t12-,14-/m0/s1. The van der Waals surface area contributed by atoms with Crippen molar-refractivity contribution in [3.05, 3.63) is 36.2 Å². The molecule has 1 amide bonds. The van der Waals surface area contributed by atoms with Crippen LogP contribution in [0.1, 0.15) is 31.4 Å². The molecule has 2 atom stereocenters. The van der Waals surface area contributed by atoms with E-state index in [4.69, 9.17) is 0 Å². The van der Waals surface area contributed by atoms with E-state index in [1.165, 1.54) is 0 Å². The Morgan fingerprint density at radius 3 is 2.86 bits per heavy atom. The Morgan fingerprint density at radius 2 is 2.09 bits per heavy atom. The van der Waals surface area contributed by atoms with E-state index >= 15 is 0 Å². The molecular weight excluding hydrogens is 278 g/mol. The lowest BCUT2D eigenvalue weighted by atomic mass is 9.86. The Balaban J connectivity index is 1.69.